The summed E-state index contributed by atoms with van der Waals surface area (Å²) >= 11 is 1.70. The molecule has 2 N–H and O–H groups in total. The molecule has 0 saturated carbocycles. The van der Waals surface area contributed by atoms with E-state index in [-0.39, 0.29) is 0 Å². The largest absolute Gasteiger partial charge is 0.368 e. The highest BCUT2D eigenvalue weighted by molar-refractivity contribution is 7.13. The first-order chi connectivity index (χ1) is 10.3. The van der Waals surface area contributed by atoms with E-state index in [1.54, 1.807) is 11.3 Å². The van der Waals surface area contributed by atoms with Crippen LogP contribution in [0.5, 0.6) is 0 Å². The first-order valence-corrected chi connectivity index (χ1v) is 7.99. The van der Waals surface area contributed by atoms with Crippen LogP contribution in [0.25, 0.3) is 21.8 Å². The van der Waals surface area contributed by atoms with Gasteiger partial charge >= 0.3 is 0 Å². The van der Waals surface area contributed by atoms with Crippen LogP contribution in [-0.4, -0.2) is 9.97 Å². The Kier molecular flexibility index (Phi) is 2.97. The van der Waals surface area contributed by atoms with Crippen molar-refractivity contribution in [3.63, 3.8) is 0 Å². The summed E-state index contributed by atoms with van der Waals surface area (Å²) in [6.07, 6.45) is 3.20. The number of nitrogens with zero attached hydrogens (tertiary/aromatic N) is 2. The summed E-state index contributed by atoms with van der Waals surface area (Å²) in [5.41, 5.74) is 11.8. The molecule has 0 amide bonds. The Balaban J connectivity index is 2.02. The Morgan fingerprint density at radius 3 is 2.67 bits per heavy atom. The minimum absolute atomic E-state index is 0.355. The number of anilines is 1. The van der Waals surface area contributed by atoms with E-state index in [1.807, 2.05) is 0 Å². The molecule has 0 bridgehead atoms. The van der Waals surface area contributed by atoms with Crippen LogP contribution < -0.4 is 5.73 Å². The predicted molar refractivity (Wildman–Crippen MR) is 87.2 cm³/mol. The summed E-state index contributed by atoms with van der Waals surface area (Å²) in [6, 6.07) is 12.6. The molecular weight excluding hydrogens is 278 g/mol. The molecule has 104 valence electrons. The molecule has 0 fully saturated rings. The Morgan fingerprint density at radius 1 is 0.952 bits per heavy atom. The number of nitrogens with two attached hydrogens (primary N) is 1. The maximum atomic E-state index is 5.98. The predicted octanol–water partition coefficient (Wildman–Crippen LogP) is 3.94. The first-order valence-electron chi connectivity index (χ1n) is 7.11. The Labute approximate surface area is 127 Å². The van der Waals surface area contributed by atoms with Gasteiger partial charge in [0.1, 0.15) is 0 Å². The molecule has 0 unspecified atom stereocenters. The van der Waals surface area contributed by atoms with Gasteiger partial charge in [-0.2, -0.15) is 0 Å². The number of rotatable bonds is 1. The minimum atomic E-state index is 0.355. The monoisotopic (exact) mass is 293 g/mol. The fourth-order valence-corrected chi connectivity index (χ4v) is 3.74. The smallest absolute Gasteiger partial charge is 0.221 e. The number of hydrogen-bond donors (Lipinski definition) is 1. The third-order valence-corrected chi connectivity index (χ3v) is 4.80. The number of benzene rings is 1. The standard InChI is InChI=1S/C17H15N3S/c18-17-19-15-12-7-2-1-5-11(12)6-3-8-13(15)16(20-17)14-9-4-10-21-14/h1-2,4-5,7,9-10H,3,6,8H2,(H2,18,19,20). The first kappa shape index (κ1) is 12.5. The number of fused-ring (bicyclic) bond motifs is 3. The highest BCUT2D eigenvalue weighted by atomic mass is 32.1. The molecule has 21 heavy (non-hydrogen) atoms. The van der Waals surface area contributed by atoms with E-state index < -0.39 is 0 Å². The van der Waals surface area contributed by atoms with Crippen LogP contribution in [0.2, 0.25) is 0 Å². The van der Waals surface area contributed by atoms with Crippen molar-refractivity contribution in [2.45, 2.75) is 19.3 Å². The van der Waals surface area contributed by atoms with Gasteiger partial charge in [0.15, 0.2) is 0 Å². The van der Waals surface area contributed by atoms with E-state index in [1.165, 1.54) is 21.6 Å². The third-order valence-electron chi connectivity index (χ3n) is 3.92. The van der Waals surface area contributed by atoms with Gasteiger partial charge in [0, 0.05) is 11.1 Å². The van der Waals surface area contributed by atoms with E-state index in [4.69, 9.17) is 5.73 Å². The van der Waals surface area contributed by atoms with E-state index in [2.05, 4.69) is 51.7 Å². The third kappa shape index (κ3) is 2.12. The van der Waals surface area contributed by atoms with E-state index in [0.29, 0.717) is 5.95 Å². The fourth-order valence-electron chi connectivity index (χ4n) is 3.00. The molecule has 1 aromatic carbocycles. The lowest BCUT2D eigenvalue weighted by Crippen LogP contribution is -2.03. The summed E-state index contributed by atoms with van der Waals surface area (Å²) in [4.78, 5) is 10.2. The van der Waals surface area contributed by atoms with E-state index in [9.17, 15) is 0 Å². The van der Waals surface area contributed by atoms with Gasteiger partial charge < -0.3 is 5.73 Å². The van der Waals surface area contributed by atoms with Gasteiger partial charge in [-0.1, -0.05) is 30.3 Å². The van der Waals surface area contributed by atoms with Crippen molar-refractivity contribution in [3.05, 3.63) is 52.9 Å². The Hall–Kier alpha value is -2.20. The molecular formula is C17H15N3S. The zero-order valence-corrected chi connectivity index (χ0v) is 12.4. The zero-order chi connectivity index (χ0) is 14.2. The van der Waals surface area contributed by atoms with Gasteiger partial charge in [-0.15, -0.1) is 11.3 Å². The summed E-state index contributed by atoms with van der Waals surface area (Å²) in [5, 5.41) is 2.07. The molecule has 3 nitrogen and oxygen atoms in total. The molecule has 0 aliphatic heterocycles. The van der Waals surface area contributed by atoms with Gasteiger partial charge in [0.05, 0.1) is 16.3 Å². The summed E-state index contributed by atoms with van der Waals surface area (Å²) in [7, 11) is 0. The second-order valence-corrected chi connectivity index (χ2v) is 6.19. The van der Waals surface area contributed by atoms with Crippen LogP contribution in [0, 0.1) is 0 Å². The second kappa shape index (κ2) is 4.97. The molecule has 0 spiro atoms. The lowest BCUT2D eigenvalue weighted by molar-refractivity contribution is 0.831. The molecule has 0 atom stereocenters. The van der Waals surface area contributed by atoms with E-state index >= 15 is 0 Å². The molecule has 0 saturated heterocycles. The van der Waals surface area contributed by atoms with Gasteiger partial charge in [0.2, 0.25) is 5.95 Å². The SMILES string of the molecule is Nc1nc(-c2cccs2)c2c(n1)-c1ccccc1CCC2. The second-order valence-electron chi connectivity index (χ2n) is 5.25. The maximum absolute atomic E-state index is 5.98. The molecule has 2 heterocycles. The van der Waals surface area contributed by atoms with Crippen LogP contribution in [0.15, 0.2) is 41.8 Å². The fraction of sp³-hybridized carbons (Fsp3) is 0.176. The number of hydrogen-bond acceptors (Lipinski definition) is 4. The molecule has 1 aliphatic rings. The quantitative estimate of drug-likeness (QED) is 0.739. The van der Waals surface area contributed by atoms with Crippen LogP contribution in [0.1, 0.15) is 17.5 Å². The van der Waals surface area contributed by atoms with Gasteiger partial charge in [-0.3, -0.25) is 0 Å². The summed E-state index contributed by atoms with van der Waals surface area (Å²) < 4.78 is 0. The zero-order valence-electron chi connectivity index (χ0n) is 11.5. The van der Waals surface area contributed by atoms with Crippen molar-refractivity contribution in [1.82, 2.24) is 9.97 Å². The Morgan fingerprint density at radius 2 is 1.81 bits per heavy atom. The van der Waals surface area contributed by atoms with Crippen LogP contribution >= 0.6 is 11.3 Å². The number of aryl methyl sites for hydroxylation is 1. The number of aromatic nitrogens is 2. The van der Waals surface area contributed by atoms with E-state index in [0.717, 1.165) is 30.7 Å². The normalized spacial score (nSPS) is 13.3. The lowest BCUT2D eigenvalue weighted by Gasteiger charge is -2.12. The molecule has 4 rings (SSSR count). The summed E-state index contributed by atoms with van der Waals surface area (Å²) in [5.74, 6) is 0.355. The van der Waals surface area contributed by atoms with Gasteiger partial charge in [-0.25, -0.2) is 9.97 Å². The van der Waals surface area contributed by atoms with Crippen molar-refractivity contribution < 1.29 is 0 Å². The Bertz CT molecular complexity index is 794. The average Bonchev–Trinajstić information content (AvgIpc) is 2.96. The molecule has 2 aromatic heterocycles. The van der Waals surface area contributed by atoms with Crippen LogP contribution in [0.4, 0.5) is 5.95 Å². The van der Waals surface area contributed by atoms with Crippen LogP contribution in [0.3, 0.4) is 0 Å². The van der Waals surface area contributed by atoms with Crippen LogP contribution in [-0.2, 0) is 12.8 Å². The molecule has 4 heteroatoms. The highest BCUT2D eigenvalue weighted by Gasteiger charge is 2.21. The summed E-state index contributed by atoms with van der Waals surface area (Å²) in [6.45, 7) is 0. The van der Waals surface area contributed by atoms with Crippen molar-refractivity contribution in [1.29, 1.82) is 0 Å². The van der Waals surface area contributed by atoms with Crippen molar-refractivity contribution in [2.75, 3.05) is 5.73 Å². The number of thiophene rings is 1. The molecule has 0 radical (unpaired) electrons. The average molecular weight is 293 g/mol. The van der Waals surface area contributed by atoms with Crippen molar-refractivity contribution >= 4 is 17.3 Å². The lowest BCUT2D eigenvalue weighted by atomic mass is 10.0. The minimum Gasteiger partial charge on any atom is -0.368 e. The van der Waals surface area contributed by atoms with Crippen molar-refractivity contribution in [2.24, 2.45) is 0 Å². The maximum Gasteiger partial charge on any atom is 0.221 e. The van der Waals surface area contributed by atoms with Gasteiger partial charge in [-0.05, 0) is 36.3 Å². The molecule has 1 aliphatic carbocycles. The topological polar surface area (TPSA) is 51.8 Å². The highest BCUT2D eigenvalue weighted by Crippen LogP contribution is 2.37. The van der Waals surface area contributed by atoms with Crippen molar-refractivity contribution in [3.8, 4) is 21.8 Å². The van der Waals surface area contributed by atoms with Gasteiger partial charge in [0.25, 0.3) is 0 Å². The number of nitrogen functional groups attached to an aromatic ring is 1. The molecule has 3 aromatic rings.